The Balaban J connectivity index is 3.30. The third-order valence-electron chi connectivity index (χ3n) is 6.04. The van der Waals surface area contributed by atoms with Gasteiger partial charge in [-0.1, -0.05) is 89.6 Å². The van der Waals surface area contributed by atoms with E-state index in [0.29, 0.717) is 12.3 Å². The first-order valence-corrected chi connectivity index (χ1v) is 11.2. The van der Waals surface area contributed by atoms with Gasteiger partial charge >= 0.3 is 0 Å². The molecule has 3 heteroatoms. The summed E-state index contributed by atoms with van der Waals surface area (Å²) < 4.78 is 0. The maximum atomic E-state index is 12.1. The number of nitriles is 1. The van der Waals surface area contributed by atoms with Crippen molar-refractivity contribution in [1.29, 1.82) is 5.26 Å². The first kappa shape index (κ1) is 24.2. The standard InChI is InChI=1S/C25H40N2O/c1-5-8-10-15-22(14-7-3)25(20-26,23-16-11-9-12-17-23)19-21(13-6-2)18-24(28)27-4/h9,11-12,16-17,21-22H,5-8,10,13-15,18-19H2,1-4H3,(H,27,28). The predicted octanol–water partition coefficient (Wildman–Crippen LogP) is 6.39. The van der Waals surface area contributed by atoms with Gasteiger partial charge in [0.15, 0.2) is 0 Å². The highest BCUT2D eigenvalue weighted by atomic mass is 16.1. The molecule has 28 heavy (non-hydrogen) atoms. The molecular formula is C25H40N2O. The molecule has 0 saturated carbocycles. The zero-order chi connectivity index (χ0) is 20.8. The zero-order valence-corrected chi connectivity index (χ0v) is 18.5. The van der Waals surface area contributed by atoms with Crippen LogP contribution in [0.25, 0.3) is 0 Å². The molecule has 3 unspecified atom stereocenters. The van der Waals surface area contributed by atoms with Crippen LogP contribution < -0.4 is 5.32 Å². The Labute approximate surface area is 172 Å². The average molecular weight is 385 g/mol. The number of benzene rings is 1. The van der Waals surface area contributed by atoms with Crippen molar-refractivity contribution in [1.82, 2.24) is 5.32 Å². The number of hydrogen-bond donors (Lipinski definition) is 1. The van der Waals surface area contributed by atoms with Crippen LogP contribution in [-0.4, -0.2) is 13.0 Å². The van der Waals surface area contributed by atoms with Crippen LogP contribution in [-0.2, 0) is 10.2 Å². The van der Waals surface area contributed by atoms with Crippen molar-refractivity contribution in [3.8, 4) is 6.07 Å². The van der Waals surface area contributed by atoms with E-state index in [2.05, 4.69) is 44.3 Å². The maximum Gasteiger partial charge on any atom is 0.220 e. The quantitative estimate of drug-likeness (QED) is 0.378. The molecule has 3 atom stereocenters. The van der Waals surface area contributed by atoms with Gasteiger partial charge in [-0.25, -0.2) is 0 Å². The van der Waals surface area contributed by atoms with Crippen molar-refractivity contribution in [3.05, 3.63) is 35.9 Å². The van der Waals surface area contributed by atoms with Crippen LogP contribution in [0.2, 0.25) is 0 Å². The minimum Gasteiger partial charge on any atom is -0.359 e. The second-order valence-corrected chi connectivity index (χ2v) is 8.17. The molecule has 0 fully saturated rings. The Hall–Kier alpha value is -1.82. The number of carbonyl (C=O) groups excluding carboxylic acids is 1. The van der Waals surface area contributed by atoms with Gasteiger partial charge in [-0.05, 0) is 36.7 Å². The van der Waals surface area contributed by atoms with E-state index < -0.39 is 5.41 Å². The summed E-state index contributed by atoms with van der Waals surface area (Å²) in [6.45, 7) is 6.61. The molecule has 1 aromatic rings. The van der Waals surface area contributed by atoms with Crippen molar-refractivity contribution >= 4 is 5.91 Å². The zero-order valence-electron chi connectivity index (χ0n) is 18.5. The third-order valence-corrected chi connectivity index (χ3v) is 6.04. The summed E-state index contributed by atoms with van der Waals surface area (Å²) in [5.74, 6) is 0.646. The molecular weight excluding hydrogens is 344 g/mol. The lowest BCUT2D eigenvalue weighted by molar-refractivity contribution is -0.121. The Bertz CT molecular complexity index is 592. The molecule has 3 nitrogen and oxygen atoms in total. The largest absolute Gasteiger partial charge is 0.359 e. The molecule has 1 rings (SSSR count). The Morgan fingerprint density at radius 3 is 2.25 bits per heavy atom. The van der Waals surface area contributed by atoms with E-state index >= 15 is 0 Å². The molecule has 1 N–H and O–H groups in total. The van der Waals surface area contributed by atoms with Gasteiger partial charge in [0.05, 0.1) is 11.5 Å². The second kappa shape index (κ2) is 13.4. The number of amides is 1. The molecule has 1 amide bonds. The van der Waals surface area contributed by atoms with E-state index in [1.165, 1.54) is 19.3 Å². The molecule has 0 aliphatic carbocycles. The van der Waals surface area contributed by atoms with Crippen LogP contribution in [0.5, 0.6) is 0 Å². The van der Waals surface area contributed by atoms with Gasteiger partial charge in [-0.15, -0.1) is 0 Å². The smallest absolute Gasteiger partial charge is 0.220 e. The fourth-order valence-corrected chi connectivity index (χ4v) is 4.59. The highest BCUT2D eigenvalue weighted by Gasteiger charge is 2.41. The van der Waals surface area contributed by atoms with E-state index in [1.807, 2.05) is 18.2 Å². The topological polar surface area (TPSA) is 52.9 Å². The number of nitrogens with one attached hydrogen (secondary N) is 1. The van der Waals surface area contributed by atoms with Gasteiger partial charge in [0, 0.05) is 13.5 Å². The van der Waals surface area contributed by atoms with Crippen LogP contribution in [0.3, 0.4) is 0 Å². The highest BCUT2D eigenvalue weighted by molar-refractivity contribution is 5.75. The maximum absolute atomic E-state index is 12.1. The van der Waals surface area contributed by atoms with E-state index in [9.17, 15) is 10.1 Å². The molecule has 0 heterocycles. The van der Waals surface area contributed by atoms with Crippen LogP contribution in [0.15, 0.2) is 30.3 Å². The minimum absolute atomic E-state index is 0.0800. The van der Waals surface area contributed by atoms with Crippen molar-refractivity contribution in [2.24, 2.45) is 11.8 Å². The van der Waals surface area contributed by atoms with Crippen LogP contribution in [0.1, 0.15) is 90.5 Å². The average Bonchev–Trinajstić information content (AvgIpc) is 2.72. The van der Waals surface area contributed by atoms with Gasteiger partial charge in [0.2, 0.25) is 5.91 Å². The normalized spacial score (nSPS) is 15.2. The molecule has 0 spiro atoms. The molecule has 0 saturated heterocycles. The van der Waals surface area contributed by atoms with Crippen LogP contribution in [0.4, 0.5) is 0 Å². The predicted molar refractivity (Wildman–Crippen MR) is 118 cm³/mol. The van der Waals surface area contributed by atoms with Gasteiger partial charge < -0.3 is 5.32 Å². The monoisotopic (exact) mass is 384 g/mol. The van der Waals surface area contributed by atoms with E-state index in [4.69, 9.17) is 0 Å². The number of carbonyl (C=O) groups is 1. The summed E-state index contributed by atoms with van der Waals surface area (Å²) in [6.07, 6.45) is 10.1. The molecule has 0 aliphatic heterocycles. The van der Waals surface area contributed by atoms with Crippen molar-refractivity contribution in [3.63, 3.8) is 0 Å². The van der Waals surface area contributed by atoms with Gasteiger partial charge in [-0.3, -0.25) is 4.79 Å². The molecule has 156 valence electrons. The number of rotatable bonds is 14. The van der Waals surface area contributed by atoms with Gasteiger partial charge in [0.25, 0.3) is 0 Å². The minimum atomic E-state index is -0.515. The molecule has 0 aliphatic rings. The van der Waals surface area contributed by atoms with E-state index in [0.717, 1.165) is 44.1 Å². The van der Waals surface area contributed by atoms with Crippen LogP contribution in [0, 0.1) is 23.2 Å². The number of nitrogens with zero attached hydrogens (tertiary/aromatic N) is 1. The second-order valence-electron chi connectivity index (χ2n) is 8.17. The fourth-order valence-electron chi connectivity index (χ4n) is 4.59. The summed E-state index contributed by atoms with van der Waals surface area (Å²) in [5.41, 5.74) is 0.615. The molecule has 1 aromatic carbocycles. The lowest BCUT2D eigenvalue weighted by atomic mass is 9.63. The number of hydrogen-bond acceptors (Lipinski definition) is 2. The Kier molecular flexibility index (Phi) is 11.6. The first-order chi connectivity index (χ1) is 13.6. The fraction of sp³-hybridized carbons (Fsp3) is 0.680. The van der Waals surface area contributed by atoms with Gasteiger partial charge in [-0.2, -0.15) is 5.26 Å². The molecule has 0 radical (unpaired) electrons. The summed E-state index contributed by atoms with van der Waals surface area (Å²) in [6, 6.07) is 13.1. The van der Waals surface area contributed by atoms with Crippen molar-refractivity contribution < 1.29 is 4.79 Å². The van der Waals surface area contributed by atoms with E-state index in [1.54, 1.807) is 7.05 Å². The van der Waals surface area contributed by atoms with E-state index in [-0.39, 0.29) is 11.8 Å². The molecule has 0 aromatic heterocycles. The third kappa shape index (κ3) is 6.97. The van der Waals surface area contributed by atoms with Crippen molar-refractivity contribution in [2.75, 3.05) is 7.05 Å². The lowest BCUT2D eigenvalue weighted by Gasteiger charge is -2.38. The SMILES string of the molecule is CCCCCC(CCC)C(C#N)(CC(CCC)CC(=O)NC)c1ccccc1. The van der Waals surface area contributed by atoms with Crippen LogP contribution >= 0.6 is 0 Å². The summed E-state index contributed by atoms with van der Waals surface area (Å²) in [7, 11) is 1.70. The Morgan fingerprint density at radius 2 is 1.71 bits per heavy atom. The van der Waals surface area contributed by atoms with Crippen molar-refractivity contribution in [2.45, 2.75) is 90.4 Å². The first-order valence-electron chi connectivity index (χ1n) is 11.2. The van der Waals surface area contributed by atoms with Gasteiger partial charge in [0.1, 0.15) is 0 Å². The number of unbranched alkanes of at least 4 members (excludes halogenated alkanes) is 2. The Morgan fingerprint density at radius 1 is 1.04 bits per heavy atom. The lowest BCUT2D eigenvalue weighted by Crippen LogP contribution is -2.37. The summed E-state index contributed by atoms with van der Waals surface area (Å²) in [5, 5.41) is 13.3. The summed E-state index contributed by atoms with van der Waals surface area (Å²) in [4.78, 5) is 12.1. The molecule has 0 bridgehead atoms. The highest BCUT2D eigenvalue weighted by Crippen LogP contribution is 2.44. The summed E-state index contributed by atoms with van der Waals surface area (Å²) >= 11 is 0.